The average Bonchev–Trinajstić information content (AvgIpc) is 2.76. The molecule has 3 aromatic rings. The number of nitrogens with zero attached hydrogens (tertiary/aromatic N) is 2. The smallest absolute Gasteiger partial charge is 0.154 e. The van der Waals surface area contributed by atoms with Gasteiger partial charge < -0.3 is 11.1 Å². The number of aromatic nitrogens is 2. The molecular formula is C24H27ClN4. The van der Waals surface area contributed by atoms with Gasteiger partial charge in [0.05, 0.1) is 5.52 Å². The number of rotatable bonds is 6. The lowest BCUT2D eigenvalue weighted by atomic mass is 9.81. The molecule has 0 radical (unpaired) electrons. The summed E-state index contributed by atoms with van der Waals surface area (Å²) in [6, 6.07) is 15.9. The Morgan fingerprint density at radius 3 is 2.76 bits per heavy atom. The number of hydrogen-bond donors (Lipinski definition) is 2. The van der Waals surface area contributed by atoms with Crippen LogP contribution in [0.2, 0.25) is 5.02 Å². The van der Waals surface area contributed by atoms with Gasteiger partial charge in [0.1, 0.15) is 5.82 Å². The second-order valence-electron chi connectivity index (χ2n) is 7.85. The Labute approximate surface area is 177 Å². The topological polar surface area (TPSA) is 63.8 Å². The molecule has 0 amide bonds. The highest BCUT2D eigenvalue weighted by Crippen LogP contribution is 2.29. The zero-order chi connectivity index (χ0) is 20.1. The van der Waals surface area contributed by atoms with E-state index in [4.69, 9.17) is 27.3 Å². The van der Waals surface area contributed by atoms with Crippen LogP contribution in [0.5, 0.6) is 0 Å². The largest absolute Gasteiger partial charge is 0.369 e. The maximum Gasteiger partial charge on any atom is 0.154 e. The maximum absolute atomic E-state index is 6.08. The van der Waals surface area contributed by atoms with Crippen LogP contribution in [-0.2, 0) is 0 Å². The predicted molar refractivity (Wildman–Crippen MR) is 123 cm³/mol. The Morgan fingerprint density at radius 2 is 1.90 bits per heavy atom. The number of fused-ring (bicyclic) bond motifs is 1. The van der Waals surface area contributed by atoms with Crippen LogP contribution >= 0.6 is 11.6 Å². The summed E-state index contributed by atoms with van der Waals surface area (Å²) in [6.45, 7) is 1.72. The van der Waals surface area contributed by atoms with Crippen molar-refractivity contribution in [2.45, 2.75) is 25.7 Å². The number of anilines is 1. The van der Waals surface area contributed by atoms with Crippen molar-refractivity contribution in [1.82, 2.24) is 9.97 Å². The van der Waals surface area contributed by atoms with Crippen molar-refractivity contribution in [2.75, 3.05) is 18.4 Å². The standard InChI is InChI=1S/C24H27ClN4/c25-20-8-4-5-17(14-20)11-12-23-28-22-10-2-1-9-21(22)24(29-23)27-16-19-7-3-6-18(13-19)15-26/h1-2,4-5,8-12,14,18-19H,3,6-7,13,15-16,26H2,(H,27,28,29)/b12-11+. The van der Waals surface area contributed by atoms with Crippen LogP contribution in [0.1, 0.15) is 37.1 Å². The van der Waals surface area contributed by atoms with Gasteiger partial charge in [0.25, 0.3) is 0 Å². The summed E-state index contributed by atoms with van der Waals surface area (Å²) in [6.07, 6.45) is 8.93. The first-order chi connectivity index (χ1) is 14.2. The lowest BCUT2D eigenvalue weighted by Gasteiger charge is -2.28. The summed E-state index contributed by atoms with van der Waals surface area (Å²) in [5.74, 6) is 2.90. The minimum absolute atomic E-state index is 0.650. The number of para-hydroxylation sites is 1. The highest BCUT2D eigenvalue weighted by atomic mass is 35.5. The third kappa shape index (κ3) is 5.14. The normalized spacial score (nSPS) is 19.7. The Kier molecular flexibility index (Phi) is 6.43. The number of nitrogens with one attached hydrogen (secondary N) is 1. The molecule has 1 fully saturated rings. The predicted octanol–water partition coefficient (Wildman–Crippen LogP) is 5.63. The molecule has 1 aromatic heterocycles. The van der Waals surface area contributed by atoms with E-state index in [1.807, 2.05) is 54.6 Å². The summed E-state index contributed by atoms with van der Waals surface area (Å²) in [7, 11) is 0. The molecule has 1 aliphatic rings. The molecular weight excluding hydrogens is 380 g/mol. The highest BCUT2D eigenvalue weighted by Gasteiger charge is 2.21. The zero-order valence-electron chi connectivity index (χ0n) is 16.5. The van der Waals surface area contributed by atoms with Gasteiger partial charge in [-0.2, -0.15) is 0 Å². The third-order valence-corrected chi connectivity index (χ3v) is 5.91. The molecule has 29 heavy (non-hydrogen) atoms. The molecule has 2 unspecified atom stereocenters. The molecule has 1 heterocycles. The second kappa shape index (κ2) is 9.38. The van der Waals surface area contributed by atoms with E-state index in [-0.39, 0.29) is 0 Å². The van der Waals surface area contributed by atoms with E-state index in [0.29, 0.717) is 17.7 Å². The lowest BCUT2D eigenvalue weighted by Crippen LogP contribution is -2.26. The van der Waals surface area contributed by atoms with Crippen molar-refractivity contribution in [1.29, 1.82) is 0 Å². The minimum atomic E-state index is 0.650. The first-order valence-electron chi connectivity index (χ1n) is 10.4. The molecule has 2 aromatic carbocycles. The van der Waals surface area contributed by atoms with E-state index in [2.05, 4.69) is 11.4 Å². The summed E-state index contributed by atoms with van der Waals surface area (Å²) >= 11 is 6.08. The zero-order valence-corrected chi connectivity index (χ0v) is 17.3. The van der Waals surface area contributed by atoms with Crippen molar-refractivity contribution in [2.24, 2.45) is 17.6 Å². The lowest BCUT2D eigenvalue weighted by molar-refractivity contribution is 0.281. The van der Waals surface area contributed by atoms with Crippen LogP contribution in [0.25, 0.3) is 23.1 Å². The van der Waals surface area contributed by atoms with E-state index in [1.54, 1.807) is 0 Å². The van der Waals surface area contributed by atoms with Crippen LogP contribution in [0.3, 0.4) is 0 Å². The van der Waals surface area contributed by atoms with Gasteiger partial charge >= 0.3 is 0 Å². The number of benzene rings is 2. The van der Waals surface area contributed by atoms with Gasteiger partial charge in [-0.25, -0.2) is 9.97 Å². The highest BCUT2D eigenvalue weighted by molar-refractivity contribution is 6.30. The van der Waals surface area contributed by atoms with Gasteiger partial charge in [0, 0.05) is 17.0 Å². The van der Waals surface area contributed by atoms with E-state index in [1.165, 1.54) is 25.7 Å². The van der Waals surface area contributed by atoms with E-state index in [0.717, 1.165) is 40.4 Å². The fourth-order valence-corrected chi connectivity index (χ4v) is 4.33. The number of hydrogen-bond acceptors (Lipinski definition) is 4. The summed E-state index contributed by atoms with van der Waals surface area (Å²) in [4.78, 5) is 9.50. The van der Waals surface area contributed by atoms with Crippen LogP contribution in [0.15, 0.2) is 48.5 Å². The van der Waals surface area contributed by atoms with Crippen LogP contribution in [0, 0.1) is 11.8 Å². The molecule has 0 bridgehead atoms. The van der Waals surface area contributed by atoms with Gasteiger partial charge in [-0.05, 0) is 73.5 Å². The number of halogens is 1. The van der Waals surface area contributed by atoms with Gasteiger partial charge in [0.2, 0.25) is 0 Å². The van der Waals surface area contributed by atoms with Crippen molar-refractivity contribution in [3.8, 4) is 0 Å². The second-order valence-corrected chi connectivity index (χ2v) is 8.29. The molecule has 5 heteroatoms. The minimum Gasteiger partial charge on any atom is -0.369 e. The SMILES string of the molecule is NCC1CCCC(CNc2nc(/C=C/c3cccc(Cl)c3)nc3ccccc23)C1. The summed E-state index contributed by atoms with van der Waals surface area (Å²) < 4.78 is 0. The van der Waals surface area contributed by atoms with Crippen molar-refractivity contribution in [3.05, 3.63) is 64.9 Å². The Hall–Kier alpha value is -2.43. The maximum atomic E-state index is 6.08. The molecule has 1 aliphatic carbocycles. The van der Waals surface area contributed by atoms with Crippen molar-refractivity contribution in [3.63, 3.8) is 0 Å². The van der Waals surface area contributed by atoms with E-state index < -0.39 is 0 Å². The summed E-state index contributed by atoms with van der Waals surface area (Å²) in [5, 5.41) is 5.38. The number of nitrogens with two attached hydrogens (primary N) is 1. The molecule has 4 nitrogen and oxygen atoms in total. The van der Waals surface area contributed by atoms with Gasteiger partial charge in [-0.1, -0.05) is 48.4 Å². The fraction of sp³-hybridized carbons (Fsp3) is 0.333. The fourth-order valence-electron chi connectivity index (χ4n) is 4.13. The van der Waals surface area contributed by atoms with Crippen molar-refractivity contribution >= 4 is 40.5 Å². The Bertz CT molecular complexity index is 1000. The summed E-state index contributed by atoms with van der Waals surface area (Å²) in [5.41, 5.74) is 7.87. The quantitative estimate of drug-likeness (QED) is 0.556. The van der Waals surface area contributed by atoms with Crippen molar-refractivity contribution < 1.29 is 0 Å². The first kappa shape index (κ1) is 19.9. The van der Waals surface area contributed by atoms with E-state index in [9.17, 15) is 0 Å². The monoisotopic (exact) mass is 406 g/mol. The van der Waals surface area contributed by atoms with Gasteiger partial charge in [-0.15, -0.1) is 0 Å². The van der Waals surface area contributed by atoms with Crippen LogP contribution in [0.4, 0.5) is 5.82 Å². The Balaban J connectivity index is 1.56. The molecule has 150 valence electrons. The molecule has 0 saturated heterocycles. The Morgan fingerprint density at radius 1 is 1.03 bits per heavy atom. The molecule has 0 spiro atoms. The average molecular weight is 407 g/mol. The molecule has 1 saturated carbocycles. The van der Waals surface area contributed by atoms with Crippen LogP contribution < -0.4 is 11.1 Å². The van der Waals surface area contributed by atoms with E-state index >= 15 is 0 Å². The first-order valence-corrected chi connectivity index (χ1v) is 10.7. The van der Waals surface area contributed by atoms with Gasteiger partial charge in [0.15, 0.2) is 5.82 Å². The van der Waals surface area contributed by atoms with Gasteiger partial charge in [-0.3, -0.25) is 0 Å². The molecule has 0 aliphatic heterocycles. The molecule has 4 rings (SSSR count). The molecule has 2 atom stereocenters. The third-order valence-electron chi connectivity index (χ3n) is 5.68. The molecule has 3 N–H and O–H groups in total. The van der Waals surface area contributed by atoms with Crippen LogP contribution in [-0.4, -0.2) is 23.1 Å².